The molecule has 0 radical (unpaired) electrons. The van der Waals surface area contributed by atoms with E-state index in [0.717, 1.165) is 5.75 Å². The normalized spacial score (nSPS) is 11.2. The Bertz CT molecular complexity index is 764. The lowest BCUT2D eigenvalue weighted by Crippen LogP contribution is -1.87. The zero-order valence-corrected chi connectivity index (χ0v) is 10.6. The molecular weight excluding hydrogens is 258 g/mol. The van der Waals surface area contributed by atoms with Crippen LogP contribution in [0.4, 0.5) is 17.1 Å². The SMILES string of the molecule is COc1ccc(N=Nc2ccc3nonc3c2N)cc1. The molecule has 2 aromatic carbocycles. The van der Waals surface area contributed by atoms with E-state index in [0.29, 0.717) is 28.1 Å². The molecule has 0 spiro atoms. The van der Waals surface area contributed by atoms with Crippen LogP contribution in [0.3, 0.4) is 0 Å². The molecule has 2 N–H and O–H groups in total. The highest BCUT2D eigenvalue weighted by Gasteiger charge is 2.08. The largest absolute Gasteiger partial charge is 0.497 e. The van der Waals surface area contributed by atoms with Crippen LogP contribution in [0.1, 0.15) is 0 Å². The van der Waals surface area contributed by atoms with Gasteiger partial charge in [-0.05, 0) is 46.7 Å². The number of benzene rings is 2. The number of ether oxygens (including phenoxy) is 1. The first-order valence-corrected chi connectivity index (χ1v) is 5.84. The minimum atomic E-state index is 0.390. The standard InChI is InChI=1S/C13H11N5O2/c1-19-9-4-2-8(3-5-9)15-16-10-6-7-11-13(12(10)14)18-20-17-11/h2-7H,14H2,1H3. The van der Waals surface area contributed by atoms with Crippen LogP contribution in [-0.4, -0.2) is 17.4 Å². The van der Waals surface area contributed by atoms with E-state index in [1.165, 1.54) is 0 Å². The summed E-state index contributed by atoms with van der Waals surface area (Å²) in [5.74, 6) is 0.763. The van der Waals surface area contributed by atoms with Gasteiger partial charge in [0.1, 0.15) is 17.0 Å². The van der Waals surface area contributed by atoms with Gasteiger partial charge in [-0.3, -0.25) is 0 Å². The van der Waals surface area contributed by atoms with E-state index in [2.05, 4.69) is 25.2 Å². The minimum Gasteiger partial charge on any atom is -0.497 e. The van der Waals surface area contributed by atoms with Crippen LogP contribution in [0.5, 0.6) is 5.75 Å². The summed E-state index contributed by atoms with van der Waals surface area (Å²) >= 11 is 0. The average molecular weight is 269 g/mol. The number of methoxy groups -OCH3 is 1. The van der Waals surface area contributed by atoms with Gasteiger partial charge >= 0.3 is 0 Å². The summed E-state index contributed by atoms with van der Waals surface area (Å²) in [5.41, 5.74) is 8.61. The van der Waals surface area contributed by atoms with Crippen molar-refractivity contribution in [3.8, 4) is 5.75 Å². The van der Waals surface area contributed by atoms with Crippen molar-refractivity contribution in [2.75, 3.05) is 12.8 Å². The fourth-order valence-corrected chi connectivity index (χ4v) is 1.71. The van der Waals surface area contributed by atoms with Gasteiger partial charge in [0, 0.05) is 0 Å². The molecule has 0 saturated heterocycles. The Labute approximate surface area is 114 Å². The quantitative estimate of drug-likeness (QED) is 0.581. The Morgan fingerprint density at radius 1 is 1.05 bits per heavy atom. The molecule has 0 aliphatic carbocycles. The zero-order chi connectivity index (χ0) is 13.9. The molecule has 0 unspecified atom stereocenters. The molecule has 0 saturated carbocycles. The molecule has 20 heavy (non-hydrogen) atoms. The van der Waals surface area contributed by atoms with Crippen molar-refractivity contribution in [2.45, 2.75) is 0 Å². The van der Waals surface area contributed by atoms with Crippen molar-refractivity contribution in [3.63, 3.8) is 0 Å². The molecule has 0 amide bonds. The first-order valence-electron chi connectivity index (χ1n) is 5.84. The Morgan fingerprint density at radius 3 is 2.60 bits per heavy atom. The Balaban J connectivity index is 1.91. The Kier molecular flexibility index (Phi) is 3.00. The summed E-state index contributed by atoms with van der Waals surface area (Å²) in [7, 11) is 1.61. The number of aromatic nitrogens is 2. The van der Waals surface area contributed by atoms with E-state index >= 15 is 0 Å². The van der Waals surface area contributed by atoms with Gasteiger partial charge in [0.2, 0.25) is 0 Å². The van der Waals surface area contributed by atoms with Crippen molar-refractivity contribution in [2.24, 2.45) is 10.2 Å². The summed E-state index contributed by atoms with van der Waals surface area (Å²) in [6.45, 7) is 0. The number of hydrogen-bond acceptors (Lipinski definition) is 7. The molecule has 1 heterocycles. The predicted octanol–water partition coefficient (Wildman–Crippen LogP) is 3.23. The van der Waals surface area contributed by atoms with Gasteiger partial charge in [-0.15, -0.1) is 5.11 Å². The summed E-state index contributed by atoms with van der Waals surface area (Å²) < 4.78 is 9.70. The van der Waals surface area contributed by atoms with Crippen molar-refractivity contribution in [1.82, 2.24) is 10.3 Å². The Hall–Kier alpha value is -2.96. The summed E-state index contributed by atoms with van der Waals surface area (Å²) in [5, 5.41) is 15.7. The third-order valence-corrected chi connectivity index (χ3v) is 2.79. The monoisotopic (exact) mass is 269 g/mol. The third kappa shape index (κ3) is 2.16. The fraction of sp³-hybridized carbons (Fsp3) is 0.0769. The number of rotatable bonds is 3. The van der Waals surface area contributed by atoms with Crippen molar-refractivity contribution in [3.05, 3.63) is 36.4 Å². The van der Waals surface area contributed by atoms with Crippen molar-refractivity contribution in [1.29, 1.82) is 0 Å². The van der Waals surface area contributed by atoms with Gasteiger partial charge in [0.25, 0.3) is 0 Å². The summed E-state index contributed by atoms with van der Waals surface area (Å²) in [4.78, 5) is 0. The molecule has 7 nitrogen and oxygen atoms in total. The first kappa shape index (κ1) is 12.1. The average Bonchev–Trinajstić information content (AvgIpc) is 2.96. The van der Waals surface area contributed by atoms with Gasteiger partial charge in [0.15, 0.2) is 5.52 Å². The van der Waals surface area contributed by atoms with Crippen LogP contribution in [-0.2, 0) is 0 Å². The highest BCUT2D eigenvalue weighted by molar-refractivity contribution is 5.92. The number of hydrogen-bond donors (Lipinski definition) is 1. The van der Waals surface area contributed by atoms with Gasteiger partial charge in [-0.25, -0.2) is 4.63 Å². The fourth-order valence-electron chi connectivity index (χ4n) is 1.71. The van der Waals surface area contributed by atoms with E-state index in [1.807, 2.05) is 12.1 Å². The molecule has 0 fully saturated rings. The smallest absolute Gasteiger partial charge is 0.160 e. The second-order valence-corrected chi connectivity index (χ2v) is 4.03. The predicted molar refractivity (Wildman–Crippen MR) is 73.4 cm³/mol. The molecule has 7 heteroatoms. The van der Waals surface area contributed by atoms with E-state index < -0.39 is 0 Å². The van der Waals surface area contributed by atoms with Crippen LogP contribution >= 0.6 is 0 Å². The van der Waals surface area contributed by atoms with Gasteiger partial charge < -0.3 is 10.5 Å². The molecule has 0 aliphatic heterocycles. The molecule has 100 valence electrons. The zero-order valence-electron chi connectivity index (χ0n) is 10.6. The van der Waals surface area contributed by atoms with E-state index in [4.69, 9.17) is 10.5 Å². The first-order chi connectivity index (χ1) is 9.78. The number of nitrogens with zero attached hydrogens (tertiary/aromatic N) is 4. The summed E-state index contributed by atoms with van der Waals surface area (Å²) in [6, 6.07) is 10.7. The van der Waals surface area contributed by atoms with Crippen LogP contribution in [0.15, 0.2) is 51.3 Å². The van der Waals surface area contributed by atoms with Crippen molar-refractivity contribution < 1.29 is 9.37 Å². The van der Waals surface area contributed by atoms with Crippen LogP contribution in [0.25, 0.3) is 11.0 Å². The summed E-state index contributed by atoms with van der Waals surface area (Å²) in [6.07, 6.45) is 0. The molecule has 1 aromatic heterocycles. The number of anilines is 1. The molecular formula is C13H11N5O2. The number of azo groups is 1. The second-order valence-electron chi connectivity index (χ2n) is 4.03. The van der Waals surface area contributed by atoms with Crippen LogP contribution in [0, 0.1) is 0 Å². The van der Waals surface area contributed by atoms with Crippen molar-refractivity contribution >= 4 is 28.1 Å². The van der Waals surface area contributed by atoms with E-state index in [9.17, 15) is 0 Å². The van der Waals surface area contributed by atoms with E-state index in [1.54, 1.807) is 31.4 Å². The van der Waals surface area contributed by atoms with Gasteiger partial charge in [0.05, 0.1) is 18.5 Å². The maximum Gasteiger partial charge on any atom is 0.160 e. The van der Waals surface area contributed by atoms with Gasteiger partial charge in [-0.1, -0.05) is 0 Å². The number of nitrogen functional groups attached to an aromatic ring is 1. The molecule has 0 bridgehead atoms. The molecule has 0 atom stereocenters. The Morgan fingerprint density at radius 2 is 1.85 bits per heavy atom. The maximum atomic E-state index is 5.94. The topological polar surface area (TPSA) is 98.9 Å². The highest BCUT2D eigenvalue weighted by atomic mass is 16.6. The lowest BCUT2D eigenvalue weighted by molar-refractivity contribution is 0.315. The van der Waals surface area contributed by atoms with Crippen LogP contribution in [0.2, 0.25) is 0 Å². The number of nitrogens with two attached hydrogens (primary N) is 1. The van der Waals surface area contributed by atoms with Crippen LogP contribution < -0.4 is 10.5 Å². The second kappa shape index (κ2) is 4.96. The van der Waals surface area contributed by atoms with Gasteiger partial charge in [-0.2, -0.15) is 5.11 Å². The molecule has 3 aromatic rings. The highest BCUT2D eigenvalue weighted by Crippen LogP contribution is 2.30. The lowest BCUT2D eigenvalue weighted by atomic mass is 10.2. The number of fused-ring (bicyclic) bond motifs is 1. The maximum absolute atomic E-state index is 5.94. The lowest BCUT2D eigenvalue weighted by Gasteiger charge is -1.99. The third-order valence-electron chi connectivity index (χ3n) is 2.79. The molecule has 3 rings (SSSR count). The van der Waals surface area contributed by atoms with E-state index in [-0.39, 0.29) is 0 Å². The minimum absolute atomic E-state index is 0.390. The molecule has 0 aliphatic rings.